The molecule has 0 spiro atoms. The number of amides is 2. The van der Waals surface area contributed by atoms with E-state index >= 15 is 4.39 Å². The van der Waals surface area contributed by atoms with Crippen LogP contribution in [0.2, 0.25) is 0 Å². The number of nitrogens with one attached hydrogen (secondary N) is 1. The molecule has 1 N–H and O–H groups in total. The Kier molecular flexibility index (Phi) is 11.4. The Labute approximate surface area is 280 Å². The van der Waals surface area contributed by atoms with Gasteiger partial charge in [0.1, 0.15) is 24.2 Å². The fraction of sp³-hybridized carbons (Fsp3) is 0.278. The smallest absolute Gasteiger partial charge is 0.264 e. The summed E-state index contributed by atoms with van der Waals surface area (Å²) in [5.74, 6) is -2.10. The number of benzene rings is 4. The monoisotopic (exact) mass is 679 g/mol. The predicted octanol–water partition coefficient (Wildman–Crippen LogP) is 5.73. The van der Waals surface area contributed by atoms with Gasteiger partial charge in [-0.15, -0.1) is 0 Å². The van der Waals surface area contributed by atoms with Crippen LogP contribution in [0.5, 0.6) is 11.5 Å². The standard InChI is InChI=1S/C36H39F2N3O6S/c1-36(2,3)39-35(43)31(21-25-11-7-6-8-12-25)40(23-26-13-9-10-14-30(26)38)34(42)24-41(28-17-15-27(37)16-18-28)48(44,45)29-19-20-32(46-4)33(22-29)47-5/h6-20,22,31H,21,23-24H2,1-5H3,(H,39,43)/t31-/m0/s1. The fourth-order valence-corrected chi connectivity index (χ4v) is 6.49. The summed E-state index contributed by atoms with van der Waals surface area (Å²) in [7, 11) is -1.76. The summed E-state index contributed by atoms with van der Waals surface area (Å²) in [5, 5.41) is 2.92. The zero-order valence-electron chi connectivity index (χ0n) is 27.4. The molecule has 0 aliphatic carbocycles. The molecule has 0 aromatic heterocycles. The number of halogens is 2. The van der Waals surface area contributed by atoms with E-state index in [1.165, 1.54) is 67.7 Å². The van der Waals surface area contributed by atoms with Gasteiger partial charge in [0.05, 0.1) is 24.8 Å². The Morgan fingerprint density at radius 2 is 1.46 bits per heavy atom. The van der Waals surface area contributed by atoms with Crippen LogP contribution in [0.4, 0.5) is 14.5 Å². The first kappa shape index (κ1) is 35.9. The van der Waals surface area contributed by atoms with Gasteiger partial charge in [-0.05, 0) is 68.8 Å². The Bertz CT molecular complexity index is 1830. The van der Waals surface area contributed by atoms with Crippen LogP contribution in [0.3, 0.4) is 0 Å². The summed E-state index contributed by atoms with van der Waals surface area (Å²) in [5.41, 5.74) is 0.161. The summed E-state index contributed by atoms with van der Waals surface area (Å²) < 4.78 is 69.0. The molecule has 4 aromatic rings. The molecule has 1 atom stereocenters. The summed E-state index contributed by atoms with van der Waals surface area (Å²) in [6.45, 7) is 4.23. The maximum Gasteiger partial charge on any atom is 0.264 e. The summed E-state index contributed by atoms with van der Waals surface area (Å²) in [4.78, 5) is 29.4. The van der Waals surface area contributed by atoms with Crippen molar-refractivity contribution in [3.05, 3.63) is 120 Å². The second-order valence-corrected chi connectivity index (χ2v) is 13.9. The zero-order valence-corrected chi connectivity index (χ0v) is 28.3. The first-order valence-corrected chi connectivity index (χ1v) is 16.6. The van der Waals surface area contributed by atoms with Crippen LogP contribution in [-0.4, -0.2) is 57.5 Å². The number of anilines is 1. The van der Waals surface area contributed by atoms with Crippen LogP contribution >= 0.6 is 0 Å². The number of ether oxygens (including phenoxy) is 2. The Morgan fingerprint density at radius 3 is 2.06 bits per heavy atom. The largest absolute Gasteiger partial charge is 0.493 e. The molecule has 0 bridgehead atoms. The number of hydrogen-bond donors (Lipinski definition) is 1. The summed E-state index contributed by atoms with van der Waals surface area (Å²) in [6.07, 6.45) is 0.0575. The van der Waals surface area contributed by atoms with Gasteiger partial charge in [-0.3, -0.25) is 13.9 Å². The average molecular weight is 680 g/mol. The predicted molar refractivity (Wildman–Crippen MR) is 179 cm³/mol. The molecule has 0 aliphatic rings. The van der Waals surface area contributed by atoms with E-state index in [1.54, 1.807) is 51.1 Å². The van der Waals surface area contributed by atoms with Gasteiger partial charge in [0.25, 0.3) is 10.0 Å². The minimum Gasteiger partial charge on any atom is -0.493 e. The van der Waals surface area contributed by atoms with E-state index in [2.05, 4.69) is 5.32 Å². The van der Waals surface area contributed by atoms with Gasteiger partial charge in [-0.25, -0.2) is 17.2 Å². The number of nitrogens with zero attached hydrogens (tertiary/aromatic N) is 2. The summed E-state index contributed by atoms with van der Waals surface area (Å²) in [6, 6.07) is 22.3. The number of sulfonamides is 1. The quantitative estimate of drug-likeness (QED) is 0.194. The topological polar surface area (TPSA) is 105 Å². The van der Waals surface area contributed by atoms with Crippen molar-refractivity contribution in [1.29, 1.82) is 0 Å². The second-order valence-electron chi connectivity index (χ2n) is 12.1. The van der Waals surface area contributed by atoms with Crippen molar-refractivity contribution in [3.63, 3.8) is 0 Å². The van der Waals surface area contributed by atoms with Gasteiger partial charge < -0.3 is 19.7 Å². The molecule has 4 aromatic carbocycles. The van der Waals surface area contributed by atoms with Gasteiger partial charge >= 0.3 is 0 Å². The number of carbonyl (C=O) groups excluding carboxylic acids is 2. The molecule has 0 unspecified atom stereocenters. The lowest BCUT2D eigenvalue weighted by molar-refractivity contribution is -0.140. The molecule has 12 heteroatoms. The minimum atomic E-state index is -4.51. The lowest BCUT2D eigenvalue weighted by atomic mass is 10.0. The highest BCUT2D eigenvalue weighted by molar-refractivity contribution is 7.92. The van der Waals surface area contributed by atoms with Gasteiger partial charge in [0.15, 0.2) is 11.5 Å². The number of hydrogen-bond acceptors (Lipinski definition) is 6. The van der Waals surface area contributed by atoms with Gasteiger partial charge in [0, 0.05) is 30.1 Å². The van der Waals surface area contributed by atoms with E-state index in [0.717, 1.165) is 22.0 Å². The highest BCUT2D eigenvalue weighted by Crippen LogP contribution is 2.32. The zero-order chi connectivity index (χ0) is 35.1. The highest BCUT2D eigenvalue weighted by Gasteiger charge is 2.36. The van der Waals surface area contributed by atoms with Crippen LogP contribution in [0.15, 0.2) is 102 Å². The Morgan fingerprint density at radius 1 is 0.833 bits per heavy atom. The minimum absolute atomic E-state index is 0.0101. The molecule has 2 amide bonds. The number of carbonyl (C=O) groups is 2. The molecular formula is C36H39F2N3O6S. The molecule has 0 saturated heterocycles. The highest BCUT2D eigenvalue weighted by atomic mass is 32.2. The maximum absolute atomic E-state index is 15.1. The molecular weight excluding hydrogens is 640 g/mol. The molecule has 0 fully saturated rings. The molecule has 254 valence electrons. The van der Waals surface area contributed by atoms with E-state index < -0.39 is 51.6 Å². The van der Waals surface area contributed by atoms with Crippen LogP contribution in [0.1, 0.15) is 31.9 Å². The lowest BCUT2D eigenvalue weighted by Gasteiger charge is -2.35. The van der Waals surface area contributed by atoms with E-state index in [9.17, 15) is 22.4 Å². The molecule has 4 rings (SSSR count). The third kappa shape index (κ3) is 8.88. The number of rotatable bonds is 13. The Hall–Kier alpha value is -4.97. The lowest BCUT2D eigenvalue weighted by Crippen LogP contribution is -2.56. The van der Waals surface area contributed by atoms with Crippen molar-refractivity contribution in [3.8, 4) is 11.5 Å². The third-order valence-electron chi connectivity index (χ3n) is 7.40. The van der Waals surface area contributed by atoms with Gasteiger partial charge in [-0.1, -0.05) is 48.5 Å². The Balaban J connectivity index is 1.85. The van der Waals surface area contributed by atoms with Crippen molar-refractivity contribution in [2.45, 2.75) is 50.2 Å². The molecule has 0 radical (unpaired) electrons. The van der Waals surface area contributed by atoms with Crippen LogP contribution < -0.4 is 19.1 Å². The molecule has 0 saturated carbocycles. The van der Waals surface area contributed by atoms with Crippen molar-refractivity contribution in [2.24, 2.45) is 0 Å². The van der Waals surface area contributed by atoms with E-state index in [1.807, 2.05) is 6.07 Å². The molecule has 0 aliphatic heterocycles. The normalized spacial score (nSPS) is 12.1. The fourth-order valence-electron chi connectivity index (χ4n) is 5.06. The van der Waals surface area contributed by atoms with Gasteiger partial charge in [0.2, 0.25) is 11.8 Å². The van der Waals surface area contributed by atoms with Crippen molar-refractivity contribution in [1.82, 2.24) is 10.2 Å². The van der Waals surface area contributed by atoms with Crippen LogP contribution in [0, 0.1) is 11.6 Å². The first-order chi connectivity index (χ1) is 22.7. The average Bonchev–Trinajstić information content (AvgIpc) is 3.05. The second kappa shape index (κ2) is 15.3. The first-order valence-electron chi connectivity index (χ1n) is 15.1. The SMILES string of the molecule is COc1ccc(S(=O)(=O)N(CC(=O)N(Cc2ccccc2F)[C@@H](Cc2ccccc2)C(=O)NC(C)(C)C)c2ccc(F)cc2)cc1OC. The van der Waals surface area contributed by atoms with Crippen molar-refractivity contribution < 1.29 is 36.3 Å². The number of methoxy groups -OCH3 is 2. The molecule has 0 heterocycles. The van der Waals surface area contributed by atoms with E-state index in [4.69, 9.17) is 9.47 Å². The summed E-state index contributed by atoms with van der Waals surface area (Å²) >= 11 is 0. The molecule has 9 nitrogen and oxygen atoms in total. The van der Waals surface area contributed by atoms with Crippen molar-refractivity contribution in [2.75, 3.05) is 25.1 Å². The van der Waals surface area contributed by atoms with Crippen LogP contribution in [-0.2, 0) is 32.6 Å². The van der Waals surface area contributed by atoms with Crippen molar-refractivity contribution >= 4 is 27.5 Å². The van der Waals surface area contributed by atoms with Crippen LogP contribution in [0.25, 0.3) is 0 Å². The van der Waals surface area contributed by atoms with E-state index in [0.29, 0.717) is 0 Å². The van der Waals surface area contributed by atoms with Gasteiger partial charge in [-0.2, -0.15) is 0 Å². The maximum atomic E-state index is 15.1. The molecule has 48 heavy (non-hydrogen) atoms. The third-order valence-corrected chi connectivity index (χ3v) is 9.17. The van der Waals surface area contributed by atoms with E-state index in [-0.39, 0.29) is 40.6 Å².